The van der Waals surface area contributed by atoms with Crippen molar-refractivity contribution in [3.63, 3.8) is 0 Å². The molecule has 1 aliphatic rings. The molecule has 1 aromatic heterocycles. The second-order valence-corrected chi connectivity index (χ2v) is 7.87. The molecule has 0 spiro atoms. The van der Waals surface area contributed by atoms with Gasteiger partial charge in [0.05, 0.1) is 6.26 Å². The third-order valence-corrected chi connectivity index (χ3v) is 5.61. The standard InChI is InChI=1S/C13H17OP/c1-13(2,3)15(11-7-4-5-8-11)12-9-6-10-14-12/h4-11H,1-3H3. The van der Waals surface area contributed by atoms with E-state index in [1.54, 1.807) is 6.26 Å². The van der Waals surface area contributed by atoms with Crippen molar-refractivity contribution in [2.24, 2.45) is 0 Å². The summed E-state index contributed by atoms with van der Waals surface area (Å²) in [5.74, 6) is 0. The fourth-order valence-electron chi connectivity index (χ4n) is 1.92. The summed E-state index contributed by atoms with van der Waals surface area (Å²) in [5, 5.41) is 0.275. The molecular formula is C13H17OP. The predicted octanol–water partition coefficient (Wildman–Crippen LogP) is 3.68. The molecule has 0 radical (unpaired) electrons. The van der Waals surface area contributed by atoms with Crippen LogP contribution < -0.4 is 5.50 Å². The van der Waals surface area contributed by atoms with Crippen molar-refractivity contribution >= 4 is 13.4 Å². The van der Waals surface area contributed by atoms with Crippen LogP contribution in [0.5, 0.6) is 0 Å². The van der Waals surface area contributed by atoms with Crippen LogP contribution in [-0.4, -0.2) is 10.8 Å². The first-order valence-corrected chi connectivity index (χ1v) is 6.68. The van der Waals surface area contributed by atoms with E-state index in [-0.39, 0.29) is 13.1 Å². The molecule has 2 rings (SSSR count). The first-order valence-electron chi connectivity index (χ1n) is 5.27. The molecule has 1 heterocycles. The van der Waals surface area contributed by atoms with Crippen molar-refractivity contribution in [3.8, 4) is 0 Å². The molecule has 80 valence electrons. The Kier molecular flexibility index (Phi) is 2.84. The van der Waals surface area contributed by atoms with Crippen LogP contribution in [0.4, 0.5) is 0 Å². The van der Waals surface area contributed by atoms with Gasteiger partial charge in [0.25, 0.3) is 0 Å². The topological polar surface area (TPSA) is 13.1 Å². The Bertz CT molecular complexity index is 356. The average molecular weight is 220 g/mol. The Morgan fingerprint density at radius 3 is 2.33 bits per heavy atom. The van der Waals surface area contributed by atoms with E-state index >= 15 is 0 Å². The summed E-state index contributed by atoms with van der Waals surface area (Å²) in [6.45, 7) is 6.88. The lowest BCUT2D eigenvalue weighted by Gasteiger charge is -2.32. The Labute approximate surface area is 92.6 Å². The molecule has 0 saturated heterocycles. The number of furan rings is 1. The van der Waals surface area contributed by atoms with Crippen LogP contribution in [0.1, 0.15) is 20.8 Å². The van der Waals surface area contributed by atoms with Gasteiger partial charge in [0, 0.05) is 5.66 Å². The second-order valence-electron chi connectivity index (χ2n) is 4.75. The largest absolute Gasteiger partial charge is 0.465 e. The van der Waals surface area contributed by atoms with Crippen LogP contribution in [-0.2, 0) is 0 Å². The third-order valence-electron chi connectivity index (χ3n) is 2.49. The summed E-state index contributed by atoms with van der Waals surface area (Å²) in [6.07, 6.45) is 10.6. The normalized spacial score (nSPS) is 18.6. The fourth-order valence-corrected chi connectivity index (χ4v) is 4.74. The van der Waals surface area contributed by atoms with Crippen molar-refractivity contribution in [1.82, 2.24) is 0 Å². The minimum Gasteiger partial charge on any atom is -0.465 e. The lowest BCUT2D eigenvalue weighted by Crippen LogP contribution is -2.24. The highest BCUT2D eigenvalue weighted by molar-refractivity contribution is 7.67. The number of hydrogen-bond acceptors (Lipinski definition) is 1. The van der Waals surface area contributed by atoms with Gasteiger partial charge < -0.3 is 4.42 Å². The van der Waals surface area contributed by atoms with Crippen LogP contribution in [0.2, 0.25) is 0 Å². The summed E-state index contributed by atoms with van der Waals surface area (Å²) >= 11 is 0. The predicted molar refractivity (Wildman–Crippen MR) is 67.1 cm³/mol. The maximum atomic E-state index is 5.60. The van der Waals surface area contributed by atoms with Gasteiger partial charge in [-0.1, -0.05) is 45.1 Å². The molecule has 1 unspecified atom stereocenters. The molecule has 0 fully saturated rings. The van der Waals surface area contributed by atoms with Gasteiger partial charge >= 0.3 is 0 Å². The summed E-state index contributed by atoms with van der Waals surface area (Å²) in [6, 6.07) is 4.09. The number of rotatable bonds is 2. The smallest absolute Gasteiger partial charge is 0.126 e. The molecule has 0 amide bonds. The van der Waals surface area contributed by atoms with E-state index in [0.717, 1.165) is 5.50 Å². The van der Waals surface area contributed by atoms with E-state index in [0.29, 0.717) is 5.66 Å². The maximum absolute atomic E-state index is 5.60. The zero-order valence-electron chi connectivity index (χ0n) is 9.47. The summed E-state index contributed by atoms with van der Waals surface area (Å²) in [7, 11) is -0.301. The Balaban J connectivity index is 2.33. The van der Waals surface area contributed by atoms with Gasteiger partial charge in [-0.2, -0.15) is 0 Å². The van der Waals surface area contributed by atoms with Crippen molar-refractivity contribution in [2.45, 2.75) is 31.6 Å². The average Bonchev–Trinajstić information content (AvgIpc) is 2.73. The molecule has 2 heteroatoms. The highest BCUT2D eigenvalue weighted by Gasteiger charge is 2.33. The van der Waals surface area contributed by atoms with Gasteiger partial charge in [-0.25, -0.2) is 0 Å². The molecule has 0 saturated carbocycles. The van der Waals surface area contributed by atoms with Crippen molar-refractivity contribution in [2.75, 3.05) is 0 Å². The number of allylic oxidation sites excluding steroid dienone is 4. The van der Waals surface area contributed by atoms with Gasteiger partial charge in [0.2, 0.25) is 0 Å². The Morgan fingerprint density at radius 2 is 1.87 bits per heavy atom. The quantitative estimate of drug-likeness (QED) is 0.693. The first-order chi connectivity index (χ1) is 7.09. The van der Waals surface area contributed by atoms with Crippen LogP contribution in [0.15, 0.2) is 47.1 Å². The monoisotopic (exact) mass is 220 g/mol. The lowest BCUT2D eigenvalue weighted by atomic mass is 10.3. The van der Waals surface area contributed by atoms with Gasteiger partial charge in [0.1, 0.15) is 5.50 Å². The zero-order valence-corrected chi connectivity index (χ0v) is 10.4. The van der Waals surface area contributed by atoms with Gasteiger partial charge in [0.15, 0.2) is 0 Å². The SMILES string of the molecule is CC(C)(C)P(c1ccco1)C1C=CC=C1. The highest BCUT2D eigenvalue weighted by Crippen LogP contribution is 2.54. The molecule has 0 aliphatic heterocycles. The first kappa shape index (κ1) is 10.7. The molecule has 0 N–H and O–H groups in total. The third kappa shape index (κ3) is 2.23. The fraction of sp³-hybridized carbons (Fsp3) is 0.385. The van der Waals surface area contributed by atoms with E-state index in [4.69, 9.17) is 4.42 Å². The van der Waals surface area contributed by atoms with E-state index in [1.807, 2.05) is 6.07 Å². The van der Waals surface area contributed by atoms with Crippen molar-refractivity contribution in [3.05, 3.63) is 42.7 Å². The molecule has 1 nitrogen and oxygen atoms in total. The molecule has 1 aliphatic carbocycles. The summed E-state index contributed by atoms with van der Waals surface area (Å²) < 4.78 is 5.60. The molecule has 0 aromatic carbocycles. The number of hydrogen-bond donors (Lipinski definition) is 0. The minimum atomic E-state index is -0.301. The van der Waals surface area contributed by atoms with Gasteiger partial charge in [-0.05, 0) is 25.2 Å². The maximum Gasteiger partial charge on any atom is 0.126 e. The van der Waals surface area contributed by atoms with Gasteiger partial charge in [-0.15, -0.1) is 0 Å². The minimum absolute atomic E-state index is 0.275. The molecule has 1 atom stereocenters. The van der Waals surface area contributed by atoms with Crippen molar-refractivity contribution < 1.29 is 4.42 Å². The van der Waals surface area contributed by atoms with E-state index < -0.39 is 0 Å². The lowest BCUT2D eigenvalue weighted by molar-refractivity contribution is 0.598. The molecule has 15 heavy (non-hydrogen) atoms. The van der Waals surface area contributed by atoms with Crippen LogP contribution >= 0.6 is 7.92 Å². The van der Waals surface area contributed by atoms with E-state index in [1.165, 1.54) is 0 Å². The van der Waals surface area contributed by atoms with Crippen LogP contribution in [0.3, 0.4) is 0 Å². The zero-order chi connectivity index (χ0) is 10.9. The highest BCUT2D eigenvalue weighted by atomic mass is 31.1. The Hall–Kier alpha value is -0.810. The van der Waals surface area contributed by atoms with Gasteiger partial charge in [-0.3, -0.25) is 0 Å². The van der Waals surface area contributed by atoms with Crippen LogP contribution in [0, 0.1) is 0 Å². The van der Waals surface area contributed by atoms with E-state index in [9.17, 15) is 0 Å². The van der Waals surface area contributed by atoms with Crippen molar-refractivity contribution in [1.29, 1.82) is 0 Å². The molecular weight excluding hydrogens is 203 g/mol. The van der Waals surface area contributed by atoms with Crippen LogP contribution in [0.25, 0.3) is 0 Å². The Morgan fingerprint density at radius 1 is 1.20 bits per heavy atom. The second kappa shape index (κ2) is 3.98. The van der Waals surface area contributed by atoms with E-state index in [2.05, 4.69) is 51.1 Å². The molecule has 1 aromatic rings. The molecule has 0 bridgehead atoms. The summed E-state index contributed by atoms with van der Waals surface area (Å²) in [5.41, 5.74) is 1.69. The summed E-state index contributed by atoms with van der Waals surface area (Å²) in [4.78, 5) is 0.